The van der Waals surface area contributed by atoms with E-state index in [9.17, 15) is 24.0 Å². The topological polar surface area (TPSA) is 136 Å². The number of nitriles is 1. The Labute approximate surface area is 196 Å². The van der Waals surface area contributed by atoms with Crippen molar-refractivity contribution in [2.24, 2.45) is 5.73 Å². The number of primary amides is 1. The second kappa shape index (κ2) is 9.67. The number of hydrogen-bond donors (Lipinski definition) is 2. The minimum Gasteiger partial charge on any atom is -0.366 e. The molecule has 1 aliphatic heterocycles. The van der Waals surface area contributed by atoms with Crippen molar-refractivity contribution in [1.29, 1.82) is 5.26 Å². The normalized spacial score (nSPS) is 14.2. The van der Waals surface area contributed by atoms with Crippen LogP contribution < -0.4 is 10.6 Å². The largest absolute Gasteiger partial charge is 0.407 e. The molecule has 0 spiro atoms. The first-order chi connectivity index (χ1) is 15.2. The maximum Gasteiger partial charge on any atom is 0.407 e. The molecule has 2 aromatic heterocycles. The Morgan fingerprint density at radius 1 is 1.41 bits per heavy atom. The van der Waals surface area contributed by atoms with E-state index in [4.69, 9.17) is 17.3 Å². The fraction of sp³-hybridized carbons (Fsp3) is 0.350. The van der Waals surface area contributed by atoms with Gasteiger partial charge in [-0.25, -0.2) is 14.7 Å². The summed E-state index contributed by atoms with van der Waals surface area (Å²) in [5.41, 5.74) is 6.01. The second-order valence-electron chi connectivity index (χ2n) is 7.18. The molecule has 168 valence electrons. The van der Waals surface area contributed by atoms with Crippen LogP contribution in [0, 0.1) is 11.3 Å². The summed E-state index contributed by atoms with van der Waals surface area (Å²) in [7, 11) is 0. The monoisotopic (exact) mass is 524 g/mol. The Hall–Kier alpha value is -2.97. The molecule has 3 amide bonds. The Balaban J connectivity index is 1.81. The predicted molar refractivity (Wildman–Crippen MR) is 118 cm³/mol. The fourth-order valence-electron chi connectivity index (χ4n) is 3.69. The van der Waals surface area contributed by atoms with E-state index < -0.39 is 24.0 Å². The molecular formula is C20H19BrClFN6O3. The molecule has 1 aliphatic rings. The SMILES string of the molecule is CCc1[nH]c(C(=O)N(C(=O)F)C2CCN(c3cc(C(N)=O)cc(Cl)n3)CC2)c(C#N)c1Br. The van der Waals surface area contributed by atoms with Crippen LogP contribution in [0.4, 0.5) is 15.0 Å². The van der Waals surface area contributed by atoms with E-state index in [0.29, 0.717) is 40.4 Å². The van der Waals surface area contributed by atoms with Gasteiger partial charge in [-0.2, -0.15) is 5.26 Å². The molecular weight excluding hydrogens is 507 g/mol. The number of nitrogens with two attached hydrogens (primary N) is 1. The minimum absolute atomic E-state index is 0.0256. The van der Waals surface area contributed by atoms with Crippen molar-refractivity contribution in [3.63, 3.8) is 0 Å². The standard InChI is InChI=1S/C20H19BrClFN6O3/c1-2-13-16(21)12(9-24)17(26-13)19(31)29(20(23)32)11-3-5-28(6-4-11)15-8-10(18(25)30)7-14(22)27-15/h7-8,11,26H,2-6H2,1H3,(H2,25,30). The van der Waals surface area contributed by atoms with Crippen molar-refractivity contribution in [3.05, 3.63) is 44.3 Å². The number of pyridine rings is 1. The number of aryl methyl sites for hydroxylation is 1. The Kier molecular flexibility index (Phi) is 7.16. The summed E-state index contributed by atoms with van der Waals surface area (Å²) in [6.07, 6.45) is -0.875. The quantitative estimate of drug-likeness (QED) is 0.348. The van der Waals surface area contributed by atoms with Gasteiger partial charge in [0.2, 0.25) is 5.91 Å². The molecule has 2 aromatic rings. The number of amides is 3. The van der Waals surface area contributed by atoms with Crippen LogP contribution in [0.1, 0.15) is 51.9 Å². The number of halogens is 3. The van der Waals surface area contributed by atoms with Crippen LogP contribution in [-0.4, -0.2) is 52.0 Å². The van der Waals surface area contributed by atoms with Crippen molar-refractivity contribution in [3.8, 4) is 6.07 Å². The molecule has 1 saturated heterocycles. The number of anilines is 1. The third kappa shape index (κ3) is 4.61. The van der Waals surface area contributed by atoms with Gasteiger partial charge in [0.1, 0.15) is 22.7 Å². The van der Waals surface area contributed by atoms with Crippen LogP contribution in [0.25, 0.3) is 0 Å². The highest BCUT2D eigenvalue weighted by Gasteiger charge is 2.36. The smallest absolute Gasteiger partial charge is 0.366 e. The summed E-state index contributed by atoms with van der Waals surface area (Å²) in [4.78, 5) is 45.6. The highest BCUT2D eigenvalue weighted by Crippen LogP contribution is 2.29. The number of carbonyl (C=O) groups excluding carboxylic acids is 3. The fourth-order valence-corrected chi connectivity index (χ4v) is 4.56. The van der Waals surface area contributed by atoms with Crippen LogP contribution in [0.2, 0.25) is 5.15 Å². The van der Waals surface area contributed by atoms with Crippen molar-refractivity contribution >= 4 is 51.3 Å². The molecule has 0 aromatic carbocycles. The molecule has 3 rings (SSSR count). The predicted octanol–water partition coefficient (Wildman–Crippen LogP) is 3.56. The molecule has 3 N–H and O–H groups in total. The molecule has 0 atom stereocenters. The summed E-state index contributed by atoms with van der Waals surface area (Å²) >= 11 is 9.24. The van der Waals surface area contributed by atoms with E-state index in [1.807, 2.05) is 13.0 Å². The first kappa shape index (κ1) is 23.7. The third-order valence-electron chi connectivity index (χ3n) is 5.32. The number of rotatable bonds is 5. The van der Waals surface area contributed by atoms with Gasteiger partial charge in [-0.15, -0.1) is 4.39 Å². The molecule has 0 saturated carbocycles. The van der Waals surface area contributed by atoms with E-state index in [-0.39, 0.29) is 34.8 Å². The average molecular weight is 526 g/mol. The first-order valence-electron chi connectivity index (χ1n) is 9.73. The zero-order chi connectivity index (χ0) is 23.6. The number of nitrogens with one attached hydrogen (secondary N) is 1. The summed E-state index contributed by atoms with van der Waals surface area (Å²) in [5.74, 6) is -1.13. The van der Waals surface area contributed by atoms with E-state index in [0.717, 1.165) is 0 Å². The third-order valence-corrected chi connectivity index (χ3v) is 6.39. The Bertz CT molecular complexity index is 1120. The molecule has 0 radical (unpaired) electrons. The van der Waals surface area contributed by atoms with E-state index in [2.05, 4.69) is 25.9 Å². The molecule has 3 heterocycles. The van der Waals surface area contributed by atoms with Gasteiger partial charge in [0, 0.05) is 30.4 Å². The summed E-state index contributed by atoms with van der Waals surface area (Å²) in [6, 6.07) is 4.06. The minimum atomic E-state index is -1.89. The number of piperidine rings is 1. The number of nitrogens with zero attached hydrogens (tertiary/aromatic N) is 4. The van der Waals surface area contributed by atoms with E-state index in [1.54, 1.807) is 4.90 Å². The Morgan fingerprint density at radius 3 is 2.59 bits per heavy atom. The van der Waals surface area contributed by atoms with Gasteiger partial charge < -0.3 is 15.6 Å². The lowest BCUT2D eigenvalue weighted by Crippen LogP contribution is -2.49. The van der Waals surface area contributed by atoms with Crippen LogP contribution >= 0.6 is 27.5 Å². The van der Waals surface area contributed by atoms with Crippen molar-refractivity contribution in [2.75, 3.05) is 18.0 Å². The van der Waals surface area contributed by atoms with Gasteiger partial charge in [0.25, 0.3) is 5.91 Å². The second-order valence-corrected chi connectivity index (χ2v) is 8.36. The number of carbonyl (C=O) groups is 3. The van der Waals surface area contributed by atoms with Crippen molar-refractivity contribution < 1.29 is 18.8 Å². The van der Waals surface area contributed by atoms with Gasteiger partial charge in [-0.3, -0.25) is 9.59 Å². The number of imide groups is 1. The van der Waals surface area contributed by atoms with Crippen molar-refractivity contribution in [1.82, 2.24) is 14.9 Å². The van der Waals surface area contributed by atoms with Gasteiger partial charge in [-0.05, 0) is 47.3 Å². The van der Waals surface area contributed by atoms with Crippen molar-refractivity contribution in [2.45, 2.75) is 32.2 Å². The van der Waals surface area contributed by atoms with Crippen LogP contribution in [-0.2, 0) is 6.42 Å². The molecule has 1 fully saturated rings. The lowest BCUT2D eigenvalue weighted by atomic mass is 10.0. The molecule has 32 heavy (non-hydrogen) atoms. The molecule has 12 heteroatoms. The Morgan fingerprint density at radius 2 is 2.06 bits per heavy atom. The molecule has 0 unspecified atom stereocenters. The zero-order valence-electron chi connectivity index (χ0n) is 17.0. The summed E-state index contributed by atoms with van der Waals surface area (Å²) in [5, 5.41) is 9.52. The number of aromatic amines is 1. The van der Waals surface area contributed by atoms with E-state index in [1.165, 1.54) is 12.1 Å². The number of H-pyrrole nitrogens is 1. The van der Waals surface area contributed by atoms with Crippen LogP contribution in [0.5, 0.6) is 0 Å². The maximum atomic E-state index is 14.0. The van der Waals surface area contributed by atoms with Gasteiger partial charge >= 0.3 is 6.16 Å². The molecule has 0 bridgehead atoms. The number of hydrogen-bond acceptors (Lipinski definition) is 6. The van der Waals surface area contributed by atoms with Gasteiger partial charge in [0.15, 0.2) is 0 Å². The van der Waals surface area contributed by atoms with E-state index >= 15 is 0 Å². The van der Waals surface area contributed by atoms with Crippen LogP contribution in [0.15, 0.2) is 16.6 Å². The zero-order valence-corrected chi connectivity index (χ0v) is 19.3. The highest BCUT2D eigenvalue weighted by molar-refractivity contribution is 9.10. The van der Waals surface area contributed by atoms with Crippen LogP contribution in [0.3, 0.4) is 0 Å². The summed E-state index contributed by atoms with van der Waals surface area (Å²) < 4.78 is 14.4. The number of aromatic nitrogens is 2. The average Bonchev–Trinajstić information content (AvgIpc) is 3.09. The van der Waals surface area contributed by atoms with Gasteiger partial charge in [0.05, 0.1) is 10.0 Å². The lowest BCUT2D eigenvalue weighted by molar-refractivity contribution is 0.0682. The highest BCUT2D eigenvalue weighted by atomic mass is 79.9. The molecule has 0 aliphatic carbocycles. The summed E-state index contributed by atoms with van der Waals surface area (Å²) in [6.45, 7) is 2.48. The maximum absolute atomic E-state index is 14.0. The molecule has 9 nitrogen and oxygen atoms in total. The van der Waals surface area contributed by atoms with Gasteiger partial charge in [-0.1, -0.05) is 18.5 Å². The lowest BCUT2D eigenvalue weighted by Gasteiger charge is -2.36. The first-order valence-corrected chi connectivity index (χ1v) is 10.9.